The molecular formula is C11H11NO2. The zero-order valence-corrected chi connectivity index (χ0v) is 8.09. The summed E-state index contributed by atoms with van der Waals surface area (Å²) in [7, 11) is 0. The minimum Gasteiger partial charge on any atom is -0.503 e. The summed E-state index contributed by atoms with van der Waals surface area (Å²) in [5.74, 6) is -0.188. The van der Waals surface area contributed by atoms with Crippen molar-refractivity contribution >= 4 is 10.9 Å². The number of hydrogen-bond donors (Lipinski definition) is 2. The Hall–Kier alpha value is -1.77. The molecule has 0 aliphatic carbocycles. The van der Waals surface area contributed by atoms with Crippen molar-refractivity contribution in [3.63, 3.8) is 0 Å². The van der Waals surface area contributed by atoms with Gasteiger partial charge in [0.2, 0.25) is 0 Å². The predicted molar refractivity (Wildman–Crippen MR) is 55.7 cm³/mol. The Labute approximate surface area is 81.0 Å². The molecule has 0 unspecified atom stereocenters. The molecule has 0 saturated carbocycles. The third-order valence-corrected chi connectivity index (χ3v) is 2.47. The quantitative estimate of drug-likeness (QED) is 0.664. The molecule has 1 aromatic heterocycles. The number of fused-ring (bicyclic) bond motifs is 1. The van der Waals surface area contributed by atoms with Crippen LogP contribution < -0.4 is 5.56 Å². The molecule has 1 aromatic carbocycles. The molecule has 0 spiro atoms. The van der Waals surface area contributed by atoms with Crippen LogP contribution in [-0.2, 0) is 0 Å². The van der Waals surface area contributed by atoms with Crippen LogP contribution in [0.3, 0.4) is 0 Å². The Kier molecular flexibility index (Phi) is 1.81. The summed E-state index contributed by atoms with van der Waals surface area (Å²) in [6.07, 6.45) is 0. The molecule has 0 aliphatic heterocycles. The van der Waals surface area contributed by atoms with E-state index in [1.807, 2.05) is 25.1 Å². The molecule has 0 bridgehead atoms. The van der Waals surface area contributed by atoms with Gasteiger partial charge in [0.25, 0.3) is 5.56 Å². The highest BCUT2D eigenvalue weighted by atomic mass is 16.3. The van der Waals surface area contributed by atoms with Gasteiger partial charge in [0.05, 0.1) is 0 Å². The van der Waals surface area contributed by atoms with E-state index in [0.717, 1.165) is 16.5 Å². The third kappa shape index (κ3) is 1.09. The number of pyridine rings is 1. The Morgan fingerprint density at radius 2 is 2.00 bits per heavy atom. The van der Waals surface area contributed by atoms with Crippen molar-refractivity contribution in [1.29, 1.82) is 0 Å². The molecule has 0 aliphatic rings. The molecule has 1 heterocycles. The number of hydrogen-bond acceptors (Lipinski definition) is 2. The van der Waals surface area contributed by atoms with Gasteiger partial charge in [-0.15, -0.1) is 0 Å². The highest BCUT2D eigenvalue weighted by molar-refractivity contribution is 5.86. The largest absolute Gasteiger partial charge is 0.503 e. The van der Waals surface area contributed by atoms with Crippen LogP contribution in [0, 0.1) is 13.8 Å². The molecule has 3 nitrogen and oxygen atoms in total. The molecule has 72 valence electrons. The van der Waals surface area contributed by atoms with E-state index < -0.39 is 5.56 Å². The highest BCUT2D eigenvalue weighted by Gasteiger charge is 2.08. The van der Waals surface area contributed by atoms with E-state index >= 15 is 0 Å². The van der Waals surface area contributed by atoms with E-state index in [2.05, 4.69) is 4.98 Å². The molecule has 0 radical (unpaired) electrons. The van der Waals surface area contributed by atoms with Crippen LogP contribution in [0.25, 0.3) is 10.9 Å². The van der Waals surface area contributed by atoms with Crippen molar-refractivity contribution in [2.75, 3.05) is 0 Å². The molecule has 14 heavy (non-hydrogen) atoms. The minimum absolute atomic E-state index is 0.188. The van der Waals surface area contributed by atoms with Crippen LogP contribution in [0.15, 0.2) is 23.0 Å². The average molecular weight is 189 g/mol. The highest BCUT2D eigenvalue weighted by Crippen LogP contribution is 2.23. The fourth-order valence-electron chi connectivity index (χ4n) is 1.74. The standard InChI is InChI=1S/C11H11NO2/c1-6-4-3-5-8-9(6)7(2)10(13)11(14)12-8/h3-5,13H,1-2H3,(H,12,14). The maximum atomic E-state index is 11.3. The second-order valence-corrected chi connectivity index (χ2v) is 3.43. The lowest BCUT2D eigenvalue weighted by Crippen LogP contribution is -2.07. The van der Waals surface area contributed by atoms with Crippen LogP contribution in [-0.4, -0.2) is 10.1 Å². The van der Waals surface area contributed by atoms with Gasteiger partial charge in [0, 0.05) is 16.5 Å². The van der Waals surface area contributed by atoms with Gasteiger partial charge in [-0.05, 0) is 25.5 Å². The van der Waals surface area contributed by atoms with Crippen molar-refractivity contribution in [1.82, 2.24) is 4.98 Å². The Morgan fingerprint density at radius 1 is 1.29 bits per heavy atom. The summed E-state index contributed by atoms with van der Waals surface area (Å²) in [4.78, 5) is 13.9. The first-order valence-corrected chi connectivity index (χ1v) is 4.42. The van der Waals surface area contributed by atoms with Crippen LogP contribution >= 0.6 is 0 Å². The van der Waals surface area contributed by atoms with Crippen LogP contribution in [0.2, 0.25) is 0 Å². The number of benzene rings is 1. The number of aromatic hydroxyl groups is 1. The van der Waals surface area contributed by atoms with Gasteiger partial charge in [-0.25, -0.2) is 0 Å². The van der Waals surface area contributed by atoms with Gasteiger partial charge in [0.15, 0.2) is 5.75 Å². The summed E-state index contributed by atoms with van der Waals surface area (Å²) < 4.78 is 0. The molecule has 2 N–H and O–H groups in total. The Morgan fingerprint density at radius 3 is 2.71 bits per heavy atom. The lowest BCUT2D eigenvalue weighted by molar-refractivity contribution is 0.464. The smallest absolute Gasteiger partial charge is 0.290 e. The van der Waals surface area contributed by atoms with Gasteiger partial charge in [-0.1, -0.05) is 12.1 Å². The van der Waals surface area contributed by atoms with Crippen molar-refractivity contribution in [2.45, 2.75) is 13.8 Å². The maximum Gasteiger partial charge on any atom is 0.290 e. The van der Waals surface area contributed by atoms with E-state index in [1.165, 1.54) is 0 Å². The van der Waals surface area contributed by atoms with Crippen molar-refractivity contribution in [2.24, 2.45) is 0 Å². The maximum absolute atomic E-state index is 11.3. The zero-order chi connectivity index (χ0) is 10.3. The summed E-state index contributed by atoms with van der Waals surface area (Å²) in [6.45, 7) is 3.70. The van der Waals surface area contributed by atoms with Crippen molar-refractivity contribution in [3.05, 3.63) is 39.7 Å². The fourth-order valence-corrected chi connectivity index (χ4v) is 1.74. The second-order valence-electron chi connectivity index (χ2n) is 3.43. The lowest BCUT2D eigenvalue weighted by Gasteiger charge is -2.06. The molecule has 0 atom stereocenters. The summed E-state index contributed by atoms with van der Waals surface area (Å²) >= 11 is 0. The molecule has 2 rings (SSSR count). The van der Waals surface area contributed by atoms with Gasteiger partial charge < -0.3 is 10.1 Å². The van der Waals surface area contributed by atoms with E-state index in [4.69, 9.17) is 0 Å². The molecule has 0 fully saturated rings. The molecule has 0 amide bonds. The van der Waals surface area contributed by atoms with E-state index in [9.17, 15) is 9.90 Å². The summed E-state index contributed by atoms with van der Waals surface area (Å²) in [6, 6.07) is 5.66. The minimum atomic E-state index is -0.430. The van der Waals surface area contributed by atoms with Gasteiger partial charge in [-0.3, -0.25) is 4.79 Å². The number of aryl methyl sites for hydroxylation is 2. The number of rotatable bonds is 0. The van der Waals surface area contributed by atoms with E-state index in [1.54, 1.807) is 6.92 Å². The number of nitrogens with one attached hydrogen (secondary N) is 1. The predicted octanol–water partition coefficient (Wildman–Crippen LogP) is 1.85. The van der Waals surface area contributed by atoms with Gasteiger partial charge >= 0.3 is 0 Å². The number of aromatic nitrogens is 1. The van der Waals surface area contributed by atoms with Crippen LogP contribution in [0.5, 0.6) is 5.75 Å². The van der Waals surface area contributed by atoms with E-state index in [0.29, 0.717) is 5.56 Å². The van der Waals surface area contributed by atoms with Crippen LogP contribution in [0.4, 0.5) is 0 Å². The van der Waals surface area contributed by atoms with Gasteiger partial charge in [0.1, 0.15) is 0 Å². The second kappa shape index (κ2) is 2.87. The Balaban J connectivity index is 3.07. The number of aromatic amines is 1. The summed E-state index contributed by atoms with van der Waals surface area (Å²) in [5.41, 5.74) is 2.03. The van der Waals surface area contributed by atoms with Crippen molar-refractivity contribution < 1.29 is 5.11 Å². The number of H-pyrrole nitrogens is 1. The van der Waals surface area contributed by atoms with Crippen LogP contribution in [0.1, 0.15) is 11.1 Å². The SMILES string of the molecule is Cc1cccc2[nH]c(=O)c(O)c(C)c12. The fraction of sp³-hybridized carbons (Fsp3) is 0.182. The lowest BCUT2D eigenvalue weighted by atomic mass is 10.0. The van der Waals surface area contributed by atoms with Crippen molar-refractivity contribution in [3.8, 4) is 5.75 Å². The molecule has 2 aromatic rings. The molecular weight excluding hydrogens is 178 g/mol. The normalized spacial score (nSPS) is 10.7. The third-order valence-electron chi connectivity index (χ3n) is 2.47. The average Bonchev–Trinajstić information content (AvgIpc) is 2.14. The molecule has 3 heteroatoms. The Bertz CT molecular complexity index is 555. The van der Waals surface area contributed by atoms with Gasteiger partial charge in [-0.2, -0.15) is 0 Å². The zero-order valence-electron chi connectivity index (χ0n) is 8.09. The molecule has 0 saturated heterocycles. The summed E-state index contributed by atoms with van der Waals surface area (Å²) in [5, 5.41) is 10.4. The monoisotopic (exact) mass is 189 g/mol. The topological polar surface area (TPSA) is 53.1 Å². The van der Waals surface area contributed by atoms with E-state index in [-0.39, 0.29) is 5.75 Å². The first-order valence-electron chi connectivity index (χ1n) is 4.42. The first kappa shape index (κ1) is 8.81. The first-order chi connectivity index (χ1) is 6.61.